The molecule has 45 heavy (non-hydrogen) atoms. The highest BCUT2D eigenvalue weighted by Crippen LogP contribution is 2.56. The average molecular weight is 599 g/mol. The van der Waals surface area contributed by atoms with Gasteiger partial charge in [-0.1, -0.05) is 133 Å². The van der Waals surface area contributed by atoms with E-state index in [1.807, 2.05) is 91.0 Å². The first-order valence-corrected chi connectivity index (χ1v) is 14.7. The van der Waals surface area contributed by atoms with Crippen molar-refractivity contribution in [1.29, 1.82) is 0 Å². The molecule has 0 aliphatic heterocycles. The van der Waals surface area contributed by atoms with Crippen LogP contribution in [0.15, 0.2) is 146 Å². The number of esters is 1. The van der Waals surface area contributed by atoms with Crippen LogP contribution < -0.4 is 0 Å². The maximum absolute atomic E-state index is 15.8. The molecule has 0 heterocycles. The van der Waals surface area contributed by atoms with E-state index in [1.54, 1.807) is 49.4 Å². The molecule has 0 spiro atoms. The molecule has 5 heteroatoms. The van der Waals surface area contributed by atoms with Crippen LogP contribution in [0.4, 0.5) is 13.2 Å². The second-order valence-corrected chi connectivity index (χ2v) is 10.5. The lowest BCUT2D eigenvalue weighted by atomic mass is 9.75. The summed E-state index contributed by atoms with van der Waals surface area (Å²) in [5.41, 5.74) is 4.17. The SMILES string of the molecule is CCOC(=O)c1ccc(-c2c(-c3ccccc3)c(-c3ccccc3)c(-c3ccccc3)c(-c3ccccc3)c2C(F)(F)F)cc1. The van der Waals surface area contributed by atoms with E-state index in [4.69, 9.17) is 4.74 Å². The van der Waals surface area contributed by atoms with E-state index < -0.39 is 17.7 Å². The molecule has 222 valence electrons. The predicted octanol–water partition coefficient (Wildman–Crippen LogP) is 11.2. The first kappa shape index (κ1) is 29.6. The minimum atomic E-state index is -4.75. The molecule has 6 aromatic carbocycles. The Labute approximate surface area is 260 Å². The molecule has 6 rings (SSSR count). The van der Waals surface area contributed by atoms with E-state index in [-0.39, 0.29) is 23.3 Å². The van der Waals surface area contributed by atoms with Crippen molar-refractivity contribution >= 4 is 5.97 Å². The summed E-state index contributed by atoms with van der Waals surface area (Å²) in [7, 11) is 0. The first-order valence-electron chi connectivity index (χ1n) is 14.7. The molecule has 0 aliphatic rings. The third kappa shape index (κ3) is 5.89. The molecule has 0 amide bonds. The van der Waals surface area contributed by atoms with Crippen LogP contribution in [0.1, 0.15) is 22.8 Å². The predicted molar refractivity (Wildman–Crippen MR) is 175 cm³/mol. The molecule has 0 aromatic heterocycles. The number of benzene rings is 6. The Morgan fingerprint density at radius 3 is 1.13 bits per heavy atom. The Morgan fingerprint density at radius 2 is 0.800 bits per heavy atom. The molecule has 0 N–H and O–H groups in total. The number of halogens is 3. The Hall–Kier alpha value is -5.42. The van der Waals surface area contributed by atoms with Gasteiger partial charge in [-0.05, 0) is 63.6 Å². The summed E-state index contributed by atoms with van der Waals surface area (Å²) < 4.78 is 52.7. The zero-order chi connectivity index (χ0) is 31.4. The van der Waals surface area contributed by atoms with Crippen molar-refractivity contribution in [2.45, 2.75) is 13.1 Å². The van der Waals surface area contributed by atoms with Crippen molar-refractivity contribution in [3.05, 3.63) is 157 Å². The molecule has 0 radical (unpaired) electrons. The molecule has 6 aromatic rings. The Bertz CT molecular complexity index is 1920. The molecular formula is C40H29F3O2. The molecular weight excluding hydrogens is 569 g/mol. The van der Waals surface area contributed by atoms with Crippen LogP contribution in [0.3, 0.4) is 0 Å². The topological polar surface area (TPSA) is 26.3 Å². The van der Waals surface area contributed by atoms with Crippen LogP contribution in [0, 0.1) is 0 Å². The van der Waals surface area contributed by atoms with Gasteiger partial charge in [-0.25, -0.2) is 4.79 Å². The zero-order valence-corrected chi connectivity index (χ0v) is 24.5. The first-order chi connectivity index (χ1) is 21.9. The molecule has 2 nitrogen and oxygen atoms in total. The van der Waals surface area contributed by atoms with Crippen molar-refractivity contribution in [1.82, 2.24) is 0 Å². The minimum absolute atomic E-state index is 0.0431. The van der Waals surface area contributed by atoms with E-state index in [0.717, 1.165) is 5.56 Å². The summed E-state index contributed by atoms with van der Waals surface area (Å²) in [5, 5.41) is 0. The largest absolute Gasteiger partial charge is 0.462 e. The number of carbonyl (C=O) groups is 1. The summed E-state index contributed by atoms with van der Waals surface area (Å²) in [6, 6.07) is 43.0. The molecule has 0 aliphatic carbocycles. The van der Waals surface area contributed by atoms with Crippen molar-refractivity contribution in [2.75, 3.05) is 6.61 Å². The number of alkyl halides is 3. The fraction of sp³-hybridized carbons (Fsp3) is 0.0750. The van der Waals surface area contributed by atoms with Gasteiger partial charge in [0.1, 0.15) is 0 Å². The van der Waals surface area contributed by atoms with E-state index >= 15 is 13.2 Å². The third-order valence-electron chi connectivity index (χ3n) is 7.72. The average Bonchev–Trinajstić information content (AvgIpc) is 3.08. The van der Waals surface area contributed by atoms with E-state index in [2.05, 4.69) is 0 Å². The van der Waals surface area contributed by atoms with Crippen molar-refractivity contribution in [2.24, 2.45) is 0 Å². The van der Waals surface area contributed by atoms with Gasteiger partial charge in [0, 0.05) is 11.1 Å². The number of carbonyl (C=O) groups excluding carboxylic acids is 1. The quantitative estimate of drug-likeness (QED) is 0.171. The molecule has 0 fully saturated rings. The van der Waals surface area contributed by atoms with E-state index in [1.165, 1.54) is 12.1 Å². The Balaban J connectivity index is 1.88. The monoisotopic (exact) mass is 598 g/mol. The number of hydrogen-bond donors (Lipinski definition) is 0. The lowest BCUT2D eigenvalue weighted by molar-refractivity contribution is -0.136. The van der Waals surface area contributed by atoms with Crippen LogP contribution in [0.5, 0.6) is 0 Å². The minimum Gasteiger partial charge on any atom is -0.462 e. The molecule has 0 saturated heterocycles. The highest BCUT2D eigenvalue weighted by Gasteiger charge is 2.41. The zero-order valence-electron chi connectivity index (χ0n) is 24.5. The molecule has 0 saturated carbocycles. The fourth-order valence-corrected chi connectivity index (χ4v) is 5.88. The van der Waals surface area contributed by atoms with Gasteiger partial charge in [0.25, 0.3) is 0 Å². The summed E-state index contributed by atoms with van der Waals surface area (Å²) in [4.78, 5) is 12.5. The van der Waals surface area contributed by atoms with Gasteiger partial charge in [-0.2, -0.15) is 13.2 Å². The lowest BCUT2D eigenvalue weighted by Gasteiger charge is -2.29. The second kappa shape index (κ2) is 12.7. The van der Waals surface area contributed by atoms with Crippen LogP contribution in [0.2, 0.25) is 0 Å². The van der Waals surface area contributed by atoms with Crippen LogP contribution in [-0.4, -0.2) is 12.6 Å². The van der Waals surface area contributed by atoms with Crippen LogP contribution in [-0.2, 0) is 10.9 Å². The number of ether oxygens (including phenoxy) is 1. The van der Waals surface area contributed by atoms with Gasteiger partial charge in [0.15, 0.2) is 0 Å². The van der Waals surface area contributed by atoms with Crippen molar-refractivity contribution in [3.63, 3.8) is 0 Å². The summed E-state index contributed by atoms with van der Waals surface area (Å²) in [6.07, 6.45) is -4.75. The molecule has 0 bridgehead atoms. The smallest absolute Gasteiger partial charge is 0.417 e. The standard InChI is InChI=1S/C40H29F3O2/c1-2-45-39(44)32-25-23-31(24-26-32)37-35(29-19-11-5-12-20-29)33(27-15-7-3-8-16-27)34(28-17-9-4-10-18-28)36(38(37)40(41,42)43)30-21-13-6-14-22-30/h3-26H,2H2,1H3. The van der Waals surface area contributed by atoms with Gasteiger partial charge >= 0.3 is 12.1 Å². The van der Waals surface area contributed by atoms with Crippen LogP contribution >= 0.6 is 0 Å². The molecule has 0 atom stereocenters. The van der Waals surface area contributed by atoms with Gasteiger partial charge in [0.2, 0.25) is 0 Å². The maximum Gasteiger partial charge on any atom is 0.417 e. The maximum atomic E-state index is 15.8. The summed E-state index contributed by atoms with van der Waals surface area (Å²) in [6.45, 7) is 1.90. The normalized spacial score (nSPS) is 11.3. The lowest BCUT2D eigenvalue weighted by Crippen LogP contribution is -2.13. The second-order valence-electron chi connectivity index (χ2n) is 10.5. The number of rotatable bonds is 7. The van der Waals surface area contributed by atoms with Gasteiger partial charge in [-0.3, -0.25) is 0 Å². The Morgan fingerprint density at radius 1 is 0.489 bits per heavy atom. The number of hydrogen-bond acceptors (Lipinski definition) is 2. The van der Waals surface area contributed by atoms with Gasteiger partial charge in [0.05, 0.1) is 17.7 Å². The molecule has 0 unspecified atom stereocenters. The third-order valence-corrected chi connectivity index (χ3v) is 7.72. The van der Waals surface area contributed by atoms with E-state index in [9.17, 15) is 4.79 Å². The summed E-state index contributed by atoms with van der Waals surface area (Å²) in [5.74, 6) is -0.530. The van der Waals surface area contributed by atoms with Crippen LogP contribution in [0.25, 0.3) is 55.6 Å². The van der Waals surface area contributed by atoms with Gasteiger partial charge < -0.3 is 4.74 Å². The highest BCUT2D eigenvalue weighted by molar-refractivity contribution is 6.09. The van der Waals surface area contributed by atoms with E-state index in [0.29, 0.717) is 38.9 Å². The van der Waals surface area contributed by atoms with Crippen molar-refractivity contribution in [3.8, 4) is 55.6 Å². The Kier molecular flexibility index (Phi) is 8.35. The van der Waals surface area contributed by atoms with Crippen molar-refractivity contribution < 1.29 is 22.7 Å². The highest BCUT2D eigenvalue weighted by atomic mass is 19.4. The summed E-state index contributed by atoms with van der Waals surface area (Å²) >= 11 is 0. The van der Waals surface area contributed by atoms with Gasteiger partial charge in [-0.15, -0.1) is 0 Å². The fourth-order valence-electron chi connectivity index (χ4n) is 5.88.